The van der Waals surface area contributed by atoms with E-state index in [0.717, 1.165) is 25.7 Å². The molecule has 92 valence electrons. The fourth-order valence-corrected chi connectivity index (χ4v) is 1.60. The van der Waals surface area contributed by atoms with Crippen molar-refractivity contribution in [3.63, 3.8) is 0 Å². The van der Waals surface area contributed by atoms with E-state index in [1.807, 2.05) is 7.05 Å². The molecule has 2 unspecified atom stereocenters. The molecule has 0 fully saturated rings. The normalized spacial score (nSPS) is 15.2. The molecule has 0 saturated heterocycles. The Morgan fingerprint density at radius 3 is 2.47 bits per heavy atom. The Morgan fingerprint density at radius 2 is 1.93 bits per heavy atom. The highest BCUT2D eigenvalue weighted by atomic mass is 16.5. The Morgan fingerprint density at radius 1 is 1.20 bits per heavy atom. The second-order valence-electron chi connectivity index (χ2n) is 4.56. The molecule has 15 heavy (non-hydrogen) atoms. The fourth-order valence-electron chi connectivity index (χ4n) is 1.60. The van der Waals surface area contributed by atoms with Gasteiger partial charge in [-0.2, -0.15) is 0 Å². The minimum absolute atomic E-state index is 0.679. The van der Waals surface area contributed by atoms with Crippen molar-refractivity contribution in [3.8, 4) is 0 Å². The van der Waals surface area contributed by atoms with Crippen LogP contribution in [-0.2, 0) is 4.74 Å². The molecule has 1 N–H and O–H groups in total. The Bertz CT molecular complexity index is 128. The summed E-state index contributed by atoms with van der Waals surface area (Å²) >= 11 is 0. The van der Waals surface area contributed by atoms with Crippen LogP contribution in [-0.4, -0.2) is 26.8 Å². The number of ether oxygens (including phenoxy) is 1. The molecule has 0 aromatic carbocycles. The third-order valence-corrected chi connectivity index (χ3v) is 3.11. The average molecular weight is 215 g/mol. The summed E-state index contributed by atoms with van der Waals surface area (Å²) in [5.74, 6) is 1.53. The lowest BCUT2D eigenvalue weighted by Gasteiger charge is -2.15. The Balaban J connectivity index is 3.28. The smallest absolute Gasteiger partial charge is 0.0506 e. The largest absolute Gasteiger partial charge is 0.381 e. The van der Waals surface area contributed by atoms with E-state index in [2.05, 4.69) is 26.1 Å². The van der Waals surface area contributed by atoms with Gasteiger partial charge in [0.2, 0.25) is 0 Å². The van der Waals surface area contributed by atoms with Crippen molar-refractivity contribution < 1.29 is 4.74 Å². The maximum absolute atomic E-state index is 5.69. The van der Waals surface area contributed by atoms with E-state index in [-0.39, 0.29) is 0 Å². The van der Waals surface area contributed by atoms with Gasteiger partial charge < -0.3 is 10.1 Å². The molecule has 0 aromatic heterocycles. The van der Waals surface area contributed by atoms with Gasteiger partial charge in [-0.3, -0.25) is 0 Å². The second kappa shape index (κ2) is 10.4. The van der Waals surface area contributed by atoms with Gasteiger partial charge in [-0.05, 0) is 44.7 Å². The Hall–Kier alpha value is -0.0800. The van der Waals surface area contributed by atoms with Crippen LogP contribution in [0.5, 0.6) is 0 Å². The first-order chi connectivity index (χ1) is 7.24. The van der Waals surface area contributed by atoms with E-state index in [9.17, 15) is 0 Å². The molecule has 0 aliphatic rings. The molecule has 0 radical (unpaired) electrons. The van der Waals surface area contributed by atoms with Crippen LogP contribution in [0.4, 0.5) is 0 Å². The first-order valence-corrected chi connectivity index (χ1v) is 6.46. The lowest BCUT2D eigenvalue weighted by molar-refractivity contribution is 0.0929. The quantitative estimate of drug-likeness (QED) is 0.565. The summed E-state index contributed by atoms with van der Waals surface area (Å²) in [6, 6.07) is 0. The molecule has 0 spiro atoms. The summed E-state index contributed by atoms with van der Waals surface area (Å²) in [4.78, 5) is 0. The number of nitrogens with one attached hydrogen (secondary N) is 1. The van der Waals surface area contributed by atoms with Crippen molar-refractivity contribution in [2.45, 2.75) is 46.5 Å². The lowest BCUT2D eigenvalue weighted by atomic mass is 10.0. The highest BCUT2D eigenvalue weighted by Gasteiger charge is 2.05. The number of hydrogen-bond donors (Lipinski definition) is 1. The molecular weight excluding hydrogens is 186 g/mol. The first-order valence-electron chi connectivity index (χ1n) is 6.46. The third kappa shape index (κ3) is 8.88. The molecule has 0 aromatic rings. The maximum Gasteiger partial charge on any atom is 0.0506 e. The van der Waals surface area contributed by atoms with Gasteiger partial charge in [0.25, 0.3) is 0 Å². The monoisotopic (exact) mass is 215 g/mol. The Kier molecular flexibility index (Phi) is 10.4. The van der Waals surface area contributed by atoms with E-state index in [1.54, 1.807) is 0 Å². The van der Waals surface area contributed by atoms with Crippen LogP contribution >= 0.6 is 0 Å². The second-order valence-corrected chi connectivity index (χ2v) is 4.56. The van der Waals surface area contributed by atoms with E-state index < -0.39 is 0 Å². The summed E-state index contributed by atoms with van der Waals surface area (Å²) in [5.41, 5.74) is 0. The number of hydrogen-bond acceptors (Lipinski definition) is 2. The average Bonchev–Trinajstić information content (AvgIpc) is 2.26. The molecule has 2 heteroatoms. The van der Waals surface area contributed by atoms with Crippen LogP contribution in [0.2, 0.25) is 0 Å². The van der Waals surface area contributed by atoms with Crippen molar-refractivity contribution in [2.75, 3.05) is 26.8 Å². The van der Waals surface area contributed by atoms with Crippen molar-refractivity contribution in [1.29, 1.82) is 0 Å². The summed E-state index contributed by atoms with van der Waals surface area (Å²) in [5, 5.41) is 3.21. The molecule has 0 aliphatic carbocycles. The summed E-state index contributed by atoms with van der Waals surface area (Å²) in [6.45, 7) is 9.72. The molecule has 0 bridgehead atoms. The summed E-state index contributed by atoms with van der Waals surface area (Å²) < 4.78 is 5.69. The van der Waals surface area contributed by atoms with E-state index in [4.69, 9.17) is 4.74 Å². The standard InChI is InChI=1S/C13H29NO/c1-5-12(3)8-7-9-15-11-13(6-2)10-14-4/h12-14H,5-11H2,1-4H3. The van der Waals surface area contributed by atoms with Crippen molar-refractivity contribution >= 4 is 0 Å². The molecule has 0 aliphatic heterocycles. The van der Waals surface area contributed by atoms with Crippen LogP contribution in [0.1, 0.15) is 46.5 Å². The van der Waals surface area contributed by atoms with Gasteiger partial charge in [-0.25, -0.2) is 0 Å². The van der Waals surface area contributed by atoms with Crippen LogP contribution in [0.3, 0.4) is 0 Å². The predicted octanol–water partition coefficient (Wildman–Crippen LogP) is 3.07. The van der Waals surface area contributed by atoms with Gasteiger partial charge in [0.05, 0.1) is 6.61 Å². The molecule has 0 heterocycles. The molecule has 0 amide bonds. The fraction of sp³-hybridized carbons (Fsp3) is 1.00. The highest BCUT2D eigenvalue weighted by molar-refractivity contribution is 4.57. The molecule has 0 rings (SSSR count). The SMILES string of the molecule is CCC(C)CCCOCC(CC)CNC. The molecule has 0 saturated carbocycles. The van der Waals surface area contributed by atoms with Gasteiger partial charge >= 0.3 is 0 Å². The minimum atomic E-state index is 0.679. The van der Waals surface area contributed by atoms with Crippen molar-refractivity contribution in [1.82, 2.24) is 5.32 Å². The van der Waals surface area contributed by atoms with Gasteiger partial charge in [-0.1, -0.05) is 27.2 Å². The summed E-state index contributed by atoms with van der Waals surface area (Å²) in [7, 11) is 2.01. The molecule has 2 atom stereocenters. The van der Waals surface area contributed by atoms with Crippen molar-refractivity contribution in [2.24, 2.45) is 11.8 Å². The maximum atomic E-state index is 5.69. The van der Waals surface area contributed by atoms with E-state index >= 15 is 0 Å². The Labute approximate surface area is 95.8 Å². The zero-order chi connectivity index (χ0) is 11.5. The van der Waals surface area contributed by atoms with Gasteiger partial charge in [0.15, 0.2) is 0 Å². The van der Waals surface area contributed by atoms with Crippen molar-refractivity contribution in [3.05, 3.63) is 0 Å². The van der Waals surface area contributed by atoms with Crippen LogP contribution in [0, 0.1) is 11.8 Å². The number of rotatable bonds is 10. The first kappa shape index (κ1) is 14.9. The lowest BCUT2D eigenvalue weighted by Crippen LogP contribution is -2.22. The van der Waals surface area contributed by atoms with Crippen LogP contribution < -0.4 is 5.32 Å². The molecule has 2 nitrogen and oxygen atoms in total. The minimum Gasteiger partial charge on any atom is -0.381 e. The predicted molar refractivity (Wildman–Crippen MR) is 67.2 cm³/mol. The van der Waals surface area contributed by atoms with Gasteiger partial charge in [-0.15, -0.1) is 0 Å². The van der Waals surface area contributed by atoms with Crippen LogP contribution in [0.25, 0.3) is 0 Å². The van der Waals surface area contributed by atoms with Gasteiger partial charge in [0.1, 0.15) is 0 Å². The summed E-state index contributed by atoms with van der Waals surface area (Å²) in [6.07, 6.45) is 5.01. The van der Waals surface area contributed by atoms with Crippen LogP contribution in [0.15, 0.2) is 0 Å². The van der Waals surface area contributed by atoms with Gasteiger partial charge in [0, 0.05) is 6.61 Å². The topological polar surface area (TPSA) is 21.3 Å². The highest BCUT2D eigenvalue weighted by Crippen LogP contribution is 2.09. The molecular formula is C13H29NO. The zero-order valence-corrected chi connectivity index (χ0v) is 11.0. The van der Waals surface area contributed by atoms with E-state index in [1.165, 1.54) is 25.7 Å². The zero-order valence-electron chi connectivity index (χ0n) is 11.0. The third-order valence-electron chi connectivity index (χ3n) is 3.11. The van der Waals surface area contributed by atoms with E-state index in [0.29, 0.717) is 5.92 Å².